The highest BCUT2D eigenvalue weighted by molar-refractivity contribution is 5.88. The third-order valence-electron chi connectivity index (χ3n) is 4.22. The monoisotopic (exact) mass is 342 g/mol. The van der Waals surface area contributed by atoms with Crippen molar-refractivity contribution in [3.63, 3.8) is 0 Å². The van der Waals surface area contributed by atoms with Crippen LogP contribution in [0, 0.1) is 5.92 Å². The molecule has 0 bridgehead atoms. The lowest BCUT2D eigenvalue weighted by atomic mass is 9.98. The molecular weight excluding hydrogens is 320 g/mol. The Balaban J connectivity index is 1.97. The average molecular weight is 342 g/mol. The van der Waals surface area contributed by atoms with Crippen molar-refractivity contribution in [2.24, 2.45) is 5.92 Å². The molecule has 0 aromatic rings. The number of carboxylic acid groups (broad SMARTS) is 1. The van der Waals surface area contributed by atoms with Crippen molar-refractivity contribution in [1.29, 1.82) is 0 Å². The number of ether oxygens (including phenoxy) is 1. The molecule has 2 unspecified atom stereocenters. The number of nitrogens with one attached hydrogen (secondary N) is 3. The fraction of sp³-hybridized carbons (Fsp3) is 0.714. The first-order chi connectivity index (χ1) is 11.4. The first kappa shape index (κ1) is 18.0. The Morgan fingerprint density at radius 1 is 1.42 bits per heavy atom. The van der Waals surface area contributed by atoms with E-state index in [9.17, 15) is 19.2 Å². The molecule has 2 rings (SSSR count). The summed E-state index contributed by atoms with van der Waals surface area (Å²) < 4.78 is 4.70. The van der Waals surface area contributed by atoms with Gasteiger partial charge in [0.1, 0.15) is 12.1 Å². The number of methoxy groups -OCH3 is 1. The van der Waals surface area contributed by atoms with Crippen molar-refractivity contribution in [2.45, 2.75) is 37.8 Å². The van der Waals surface area contributed by atoms with Gasteiger partial charge < -0.3 is 20.5 Å². The van der Waals surface area contributed by atoms with E-state index < -0.39 is 30.1 Å². The van der Waals surface area contributed by atoms with Crippen molar-refractivity contribution in [2.75, 3.05) is 20.2 Å². The summed E-state index contributed by atoms with van der Waals surface area (Å²) in [4.78, 5) is 46.9. The van der Waals surface area contributed by atoms with Gasteiger partial charge in [0.15, 0.2) is 0 Å². The molecule has 2 aliphatic heterocycles. The second-order valence-electron chi connectivity index (χ2n) is 5.85. The van der Waals surface area contributed by atoms with Gasteiger partial charge in [0, 0.05) is 19.0 Å². The average Bonchev–Trinajstić information content (AvgIpc) is 2.98. The molecular formula is C14H22N4O6. The highest BCUT2D eigenvalue weighted by Crippen LogP contribution is 2.17. The number of carbonyl (C=O) groups excluding carboxylic acids is 3. The maximum absolute atomic E-state index is 12.4. The summed E-state index contributed by atoms with van der Waals surface area (Å²) in [7, 11) is 1.21. The van der Waals surface area contributed by atoms with E-state index in [1.807, 2.05) is 0 Å². The topological polar surface area (TPSA) is 137 Å². The zero-order valence-corrected chi connectivity index (χ0v) is 13.4. The van der Waals surface area contributed by atoms with Crippen molar-refractivity contribution in [1.82, 2.24) is 21.1 Å². The second kappa shape index (κ2) is 7.95. The molecule has 10 nitrogen and oxygen atoms in total. The lowest BCUT2D eigenvalue weighted by Crippen LogP contribution is -2.59. The Labute approximate surface area is 138 Å². The number of amides is 3. The number of hydrazine groups is 1. The van der Waals surface area contributed by atoms with E-state index in [1.54, 1.807) is 0 Å². The maximum Gasteiger partial charge on any atom is 0.421 e. The Morgan fingerprint density at radius 3 is 2.75 bits per heavy atom. The highest BCUT2D eigenvalue weighted by atomic mass is 16.5. The molecule has 0 saturated carbocycles. The molecule has 2 aliphatic rings. The third-order valence-corrected chi connectivity index (χ3v) is 4.22. The van der Waals surface area contributed by atoms with Gasteiger partial charge in [-0.05, 0) is 25.7 Å². The van der Waals surface area contributed by atoms with Crippen molar-refractivity contribution < 1.29 is 29.0 Å². The third kappa shape index (κ3) is 4.34. The van der Waals surface area contributed by atoms with Gasteiger partial charge in [0.05, 0.1) is 7.11 Å². The van der Waals surface area contributed by atoms with Crippen LogP contribution in [0.3, 0.4) is 0 Å². The minimum absolute atomic E-state index is 0.147. The number of hydrogen-bond donors (Lipinski definition) is 4. The summed E-state index contributed by atoms with van der Waals surface area (Å²) in [5, 5.41) is 15.2. The van der Waals surface area contributed by atoms with Gasteiger partial charge in [-0.25, -0.2) is 20.0 Å². The predicted molar refractivity (Wildman–Crippen MR) is 80.6 cm³/mol. The molecule has 3 atom stereocenters. The van der Waals surface area contributed by atoms with Gasteiger partial charge in [-0.15, -0.1) is 0 Å². The largest absolute Gasteiger partial charge is 0.467 e. The molecule has 3 amide bonds. The van der Waals surface area contributed by atoms with E-state index in [0.717, 1.165) is 5.01 Å². The highest BCUT2D eigenvalue weighted by Gasteiger charge is 2.34. The van der Waals surface area contributed by atoms with Crippen LogP contribution in [0.4, 0.5) is 4.79 Å². The zero-order chi connectivity index (χ0) is 17.7. The van der Waals surface area contributed by atoms with Crippen LogP contribution in [0.5, 0.6) is 0 Å². The van der Waals surface area contributed by atoms with Crippen LogP contribution in [0.1, 0.15) is 25.7 Å². The second-order valence-corrected chi connectivity index (χ2v) is 5.85. The van der Waals surface area contributed by atoms with Crippen LogP contribution in [0.25, 0.3) is 0 Å². The van der Waals surface area contributed by atoms with Crippen LogP contribution in [0.2, 0.25) is 0 Å². The number of nitrogens with zero attached hydrogens (tertiary/aromatic N) is 1. The minimum atomic E-state index is -1.17. The van der Waals surface area contributed by atoms with Crippen LogP contribution in [-0.2, 0) is 19.1 Å². The molecule has 0 aromatic carbocycles. The molecule has 0 spiro atoms. The normalized spacial score (nSPS) is 24.9. The summed E-state index contributed by atoms with van der Waals surface area (Å²) in [6, 6.07) is -1.70. The minimum Gasteiger partial charge on any atom is -0.467 e. The van der Waals surface area contributed by atoms with Gasteiger partial charge in [-0.2, -0.15) is 0 Å². The van der Waals surface area contributed by atoms with Gasteiger partial charge in [-0.3, -0.25) is 9.59 Å². The Morgan fingerprint density at radius 2 is 2.17 bits per heavy atom. The van der Waals surface area contributed by atoms with Crippen LogP contribution in [0.15, 0.2) is 0 Å². The van der Waals surface area contributed by atoms with E-state index >= 15 is 0 Å². The fourth-order valence-electron chi connectivity index (χ4n) is 2.89. The van der Waals surface area contributed by atoms with Gasteiger partial charge in [0.2, 0.25) is 11.8 Å². The molecule has 2 heterocycles. The van der Waals surface area contributed by atoms with Crippen LogP contribution < -0.4 is 16.1 Å². The Kier molecular flexibility index (Phi) is 5.96. The standard InChI is InChI=1S/C14H22N4O6/c1-24-13(21)10(7-8-4-5-15-11(8)19)16-12(20)9-3-2-6-18(17-9)14(22)23/h8-10,17H,2-7H2,1H3,(H,15,19)(H,16,20)(H,22,23)/t8-,9?,10?/m0/s1. The zero-order valence-electron chi connectivity index (χ0n) is 13.4. The van der Waals surface area contributed by atoms with E-state index in [-0.39, 0.29) is 18.2 Å². The SMILES string of the molecule is COC(=O)C(C[C@@H]1CCNC1=O)NC(=O)C1CCCN(C(=O)O)N1. The molecule has 0 aliphatic carbocycles. The Hall–Kier alpha value is -2.36. The summed E-state index contributed by atoms with van der Waals surface area (Å²) in [5.41, 5.74) is 2.61. The molecule has 0 aromatic heterocycles. The number of rotatable bonds is 5. The molecule has 2 fully saturated rings. The maximum atomic E-state index is 12.4. The van der Waals surface area contributed by atoms with E-state index in [4.69, 9.17) is 9.84 Å². The molecule has 24 heavy (non-hydrogen) atoms. The lowest BCUT2D eigenvalue weighted by molar-refractivity contribution is -0.146. The first-order valence-corrected chi connectivity index (χ1v) is 7.85. The number of carbonyl (C=O) groups is 4. The van der Waals surface area contributed by atoms with Crippen LogP contribution >= 0.6 is 0 Å². The van der Waals surface area contributed by atoms with E-state index in [1.165, 1.54) is 7.11 Å². The summed E-state index contributed by atoms with van der Waals surface area (Å²) >= 11 is 0. The van der Waals surface area contributed by atoms with Crippen molar-refractivity contribution >= 4 is 23.9 Å². The van der Waals surface area contributed by atoms with E-state index in [2.05, 4.69) is 16.1 Å². The molecule has 134 valence electrons. The molecule has 2 saturated heterocycles. The lowest BCUT2D eigenvalue weighted by Gasteiger charge is -2.32. The van der Waals surface area contributed by atoms with Crippen molar-refractivity contribution in [3.8, 4) is 0 Å². The number of hydrogen-bond acceptors (Lipinski definition) is 6. The smallest absolute Gasteiger partial charge is 0.421 e. The van der Waals surface area contributed by atoms with Crippen LogP contribution in [-0.4, -0.2) is 66.3 Å². The summed E-state index contributed by atoms with van der Waals surface area (Å²) in [6.07, 6.45) is 0.564. The predicted octanol–water partition coefficient (Wildman–Crippen LogP) is -1.18. The molecule has 0 radical (unpaired) electrons. The van der Waals surface area contributed by atoms with Gasteiger partial charge in [-0.1, -0.05) is 0 Å². The molecule has 10 heteroatoms. The van der Waals surface area contributed by atoms with Gasteiger partial charge >= 0.3 is 12.1 Å². The fourth-order valence-corrected chi connectivity index (χ4v) is 2.89. The quantitative estimate of drug-likeness (QED) is 0.461. The molecule has 4 N–H and O–H groups in total. The summed E-state index contributed by atoms with van der Waals surface area (Å²) in [6.45, 7) is 0.838. The van der Waals surface area contributed by atoms with E-state index in [0.29, 0.717) is 32.4 Å². The first-order valence-electron chi connectivity index (χ1n) is 7.85. The Bertz CT molecular complexity index is 525. The van der Waals surface area contributed by atoms with Gasteiger partial charge in [0.25, 0.3) is 0 Å². The van der Waals surface area contributed by atoms with Crippen molar-refractivity contribution in [3.05, 3.63) is 0 Å². The summed E-state index contributed by atoms with van der Waals surface area (Å²) in [5.74, 6) is -1.63. The number of esters is 1.